The largest absolute Gasteiger partial charge is 0.423 e. The Hall–Kier alpha value is 0.230. The molecule has 0 bridgehead atoms. The van der Waals surface area contributed by atoms with E-state index in [4.69, 9.17) is 27.9 Å². The normalized spacial score (nSPS) is 10.0. The van der Waals surface area contributed by atoms with Crippen molar-refractivity contribution in [1.82, 2.24) is 0 Å². The molecule has 0 fully saturated rings. The molecule has 1 aromatic carbocycles. The van der Waals surface area contributed by atoms with Crippen LogP contribution in [0.1, 0.15) is 0 Å². The van der Waals surface area contributed by atoms with Crippen molar-refractivity contribution < 1.29 is 9.53 Å². The molecule has 0 heterocycles. The second kappa shape index (κ2) is 5.35. The molecule has 0 atom stereocenters. The van der Waals surface area contributed by atoms with Crippen LogP contribution in [0, 0.1) is 0 Å². The van der Waals surface area contributed by atoms with Gasteiger partial charge in [-0.25, -0.2) is 0 Å². The lowest BCUT2D eigenvalue weighted by Crippen LogP contribution is -2.09. The van der Waals surface area contributed by atoms with E-state index in [0.29, 0.717) is 9.50 Å². The van der Waals surface area contributed by atoms with Crippen molar-refractivity contribution in [3.8, 4) is 5.75 Å². The van der Waals surface area contributed by atoms with Gasteiger partial charge in [0.25, 0.3) is 0 Å². The summed E-state index contributed by atoms with van der Waals surface area (Å²) in [5.74, 6) is -0.476. The summed E-state index contributed by atoms with van der Waals surface area (Å²) < 4.78 is 6.29. The average molecular weight is 363 g/mol. The third-order valence-electron chi connectivity index (χ3n) is 1.29. The molecule has 0 saturated carbocycles. The fourth-order valence-corrected chi connectivity index (χ4v) is 2.63. The topological polar surface area (TPSA) is 26.3 Å². The molecule has 0 unspecified atom stereocenters. The van der Waals surface area contributed by atoms with Crippen LogP contribution < -0.4 is 4.74 Å². The maximum absolute atomic E-state index is 10.9. The Kier molecular flexibility index (Phi) is 4.70. The molecule has 0 aliphatic carbocycles. The van der Waals surface area contributed by atoms with Crippen molar-refractivity contribution in [2.45, 2.75) is 0 Å². The number of carbonyl (C=O) groups is 1. The van der Waals surface area contributed by atoms with Gasteiger partial charge in [-0.3, -0.25) is 4.79 Å². The molecule has 14 heavy (non-hydrogen) atoms. The van der Waals surface area contributed by atoms with Gasteiger partial charge < -0.3 is 4.74 Å². The predicted octanol–water partition coefficient (Wildman–Crippen LogP) is 4.01. The van der Waals surface area contributed by atoms with Crippen molar-refractivity contribution in [3.63, 3.8) is 0 Å². The Labute approximate surface area is 108 Å². The number of hydrogen-bond donors (Lipinski definition) is 0. The number of alkyl halides is 1. The minimum Gasteiger partial charge on any atom is -0.423 e. The summed E-state index contributed by atoms with van der Waals surface area (Å²) in [6.45, 7) is 0. The second-order valence-electron chi connectivity index (χ2n) is 2.31. The fraction of sp³-hybridized carbons (Fsp3) is 0.125. The van der Waals surface area contributed by atoms with Gasteiger partial charge in [-0.1, -0.05) is 27.5 Å². The monoisotopic (exact) mass is 360 g/mol. The van der Waals surface area contributed by atoms with Crippen molar-refractivity contribution >= 4 is 61.0 Å². The lowest BCUT2D eigenvalue weighted by Gasteiger charge is -2.07. The lowest BCUT2D eigenvalue weighted by atomic mass is 10.3. The summed E-state index contributed by atoms with van der Waals surface area (Å²) in [5.41, 5.74) is 0. The number of benzene rings is 1. The van der Waals surface area contributed by atoms with Crippen LogP contribution >= 0.6 is 55.1 Å². The van der Waals surface area contributed by atoms with E-state index in [-0.39, 0.29) is 11.6 Å². The average Bonchev–Trinajstić information content (AvgIpc) is 2.10. The smallest absolute Gasteiger partial charge is 0.326 e. The number of ether oxygens (including phenoxy) is 1. The Bertz CT molecular complexity index is 345. The first kappa shape index (κ1) is 12.3. The molecule has 2 nitrogen and oxygen atoms in total. The number of rotatable bonds is 2. The first-order chi connectivity index (χ1) is 6.54. The minimum atomic E-state index is -0.545. The molecule has 0 saturated heterocycles. The first-order valence-electron chi connectivity index (χ1n) is 3.45. The van der Waals surface area contributed by atoms with Crippen LogP contribution in [-0.2, 0) is 4.79 Å². The van der Waals surface area contributed by atoms with Gasteiger partial charge in [0.05, 0.1) is 9.50 Å². The van der Waals surface area contributed by atoms with Gasteiger partial charge in [0, 0.05) is 4.47 Å². The van der Waals surface area contributed by atoms with Crippen molar-refractivity contribution in [3.05, 3.63) is 26.1 Å². The molecule has 0 amide bonds. The molecule has 76 valence electrons. The molecule has 0 N–H and O–H groups in total. The molecule has 6 heteroatoms. The summed E-state index contributed by atoms with van der Waals surface area (Å²) in [6, 6.07) is 3.35. The molecule has 1 rings (SSSR count). The summed E-state index contributed by atoms with van der Waals surface area (Å²) in [5, 5.41) is 0.338. The highest BCUT2D eigenvalue weighted by Crippen LogP contribution is 2.36. The highest BCUT2D eigenvalue weighted by Gasteiger charge is 2.12. The Morgan fingerprint density at radius 1 is 1.43 bits per heavy atom. The van der Waals surface area contributed by atoms with Crippen LogP contribution in [0.3, 0.4) is 0 Å². The predicted molar refractivity (Wildman–Crippen MR) is 63.2 cm³/mol. The molecule has 1 aromatic rings. The van der Waals surface area contributed by atoms with Gasteiger partial charge in [0.2, 0.25) is 0 Å². The fourth-order valence-electron chi connectivity index (χ4n) is 0.768. The first-order valence-corrected chi connectivity index (χ1v) is 5.95. The second-order valence-corrected chi connectivity index (χ2v) is 4.75. The SMILES string of the molecule is O=C(CCl)Oc1c(Cl)cc(Br)cc1Br. The third-order valence-corrected chi connectivity index (χ3v) is 2.83. The summed E-state index contributed by atoms with van der Waals surface area (Å²) in [4.78, 5) is 10.9. The van der Waals surface area contributed by atoms with E-state index in [1.54, 1.807) is 12.1 Å². The maximum Gasteiger partial charge on any atom is 0.326 e. The molecular formula is C8H4Br2Cl2O2. The van der Waals surface area contributed by atoms with E-state index >= 15 is 0 Å². The van der Waals surface area contributed by atoms with Gasteiger partial charge in [0.15, 0.2) is 5.75 Å². The Balaban J connectivity index is 3.02. The molecule has 0 radical (unpaired) electrons. The van der Waals surface area contributed by atoms with E-state index in [2.05, 4.69) is 31.9 Å². The maximum atomic E-state index is 10.9. The number of esters is 1. The number of hydrogen-bond acceptors (Lipinski definition) is 2. The minimum absolute atomic E-state index is 0.209. The molecule has 0 aliphatic rings. The van der Waals surface area contributed by atoms with E-state index in [1.807, 2.05) is 0 Å². The van der Waals surface area contributed by atoms with Crippen LogP contribution in [0.4, 0.5) is 0 Å². The standard InChI is InChI=1S/C8H4Br2Cl2O2/c9-4-1-5(10)8(6(12)2-4)14-7(13)3-11/h1-2H,3H2. The summed E-state index contributed by atoms with van der Waals surface area (Å²) >= 11 is 17.6. The van der Waals surface area contributed by atoms with Gasteiger partial charge in [0.1, 0.15) is 5.88 Å². The van der Waals surface area contributed by atoms with Crippen LogP contribution in [0.25, 0.3) is 0 Å². The highest BCUT2D eigenvalue weighted by atomic mass is 79.9. The van der Waals surface area contributed by atoms with E-state index < -0.39 is 5.97 Å². The third kappa shape index (κ3) is 3.12. The molecule has 0 aromatic heterocycles. The zero-order chi connectivity index (χ0) is 10.7. The summed E-state index contributed by atoms with van der Waals surface area (Å²) in [6.07, 6.45) is 0. The highest BCUT2D eigenvalue weighted by molar-refractivity contribution is 9.11. The van der Waals surface area contributed by atoms with Crippen molar-refractivity contribution in [1.29, 1.82) is 0 Å². The van der Waals surface area contributed by atoms with Crippen LogP contribution in [0.15, 0.2) is 21.1 Å². The zero-order valence-corrected chi connectivity index (χ0v) is 11.4. The van der Waals surface area contributed by atoms with Gasteiger partial charge in [-0.2, -0.15) is 0 Å². The zero-order valence-electron chi connectivity index (χ0n) is 6.69. The molecule has 0 spiro atoms. The van der Waals surface area contributed by atoms with Gasteiger partial charge in [-0.05, 0) is 28.1 Å². The van der Waals surface area contributed by atoms with E-state index in [1.165, 1.54) is 0 Å². The van der Waals surface area contributed by atoms with E-state index in [0.717, 1.165) is 4.47 Å². The summed E-state index contributed by atoms with van der Waals surface area (Å²) in [7, 11) is 0. The number of carbonyl (C=O) groups excluding carboxylic acids is 1. The quantitative estimate of drug-likeness (QED) is 0.451. The Morgan fingerprint density at radius 2 is 2.07 bits per heavy atom. The van der Waals surface area contributed by atoms with Gasteiger partial charge in [-0.15, -0.1) is 11.6 Å². The van der Waals surface area contributed by atoms with E-state index in [9.17, 15) is 4.79 Å². The van der Waals surface area contributed by atoms with Crippen molar-refractivity contribution in [2.75, 3.05) is 5.88 Å². The number of halogens is 4. The van der Waals surface area contributed by atoms with Gasteiger partial charge >= 0.3 is 5.97 Å². The Morgan fingerprint density at radius 3 is 2.57 bits per heavy atom. The molecular weight excluding hydrogens is 359 g/mol. The molecule has 0 aliphatic heterocycles. The van der Waals surface area contributed by atoms with Crippen molar-refractivity contribution in [2.24, 2.45) is 0 Å². The lowest BCUT2D eigenvalue weighted by molar-refractivity contribution is -0.131. The van der Waals surface area contributed by atoms with Crippen LogP contribution in [0.5, 0.6) is 5.75 Å². The van der Waals surface area contributed by atoms with Crippen LogP contribution in [-0.4, -0.2) is 11.8 Å². The van der Waals surface area contributed by atoms with Crippen LogP contribution in [0.2, 0.25) is 5.02 Å².